The molecule has 0 aliphatic carbocycles. The summed E-state index contributed by atoms with van der Waals surface area (Å²) in [5.41, 5.74) is 1.65. The number of hydrogen-bond acceptors (Lipinski definition) is 3. The molecule has 0 saturated heterocycles. The quantitative estimate of drug-likeness (QED) is 0.838. The molecule has 0 saturated carbocycles. The molecular weight excluding hydrogens is 356 g/mol. The van der Waals surface area contributed by atoms with Crippen LogP contribution in [0.2, 0.25) is 0 Å². The van der Waals surface area contributed by atoms with E-state index in [1.165, 1.54) is 0 Å². The van der Waals surface area contributed by atoms with Crippen LogP contribution in [0.25, 0.3) is 0 Å². The monoisotopic (exact) mass is 376 g/mol. The van der Waals surface area contributed by atoms with E-state index in [1.54, 1.807) is 13.2 Å². The zero-order valence-corrected chi connectivity index (χ0v) is 15.1. The van der Waals surface area contributed by atoms with Crippen molar-refractivity contribution < 1.29 is 9.53 Å². The van der Waals surface area contributed by atoms with Crippen LogP contribution in [0.5, 0.6) is 5.75 Å². The van der Waals surface area contributed by atoms with Crippen LogP contribution in [-0.4, -0.2) is 38.6 Å². The molecule has 0 fully saturated rings. The molecule has 4 nitrogen and oxygen atoms in total. The van der Waals surface area contributed by atoms with Gasteiger partial charge < -0.3 is 15.0 Å². The summed E-state index contributed by atoms with van der Waals surface area (Å²) in [6, 6.07) is 15.0. The van der Waals surface area contributed by atoms with Gasteiger partial charge in [-0.05, 0) is 50.0 Å². The molecule has 0 heterocycles. The van der Waals surface area contributed by atoms with Gasteiger partial charge in [-0.2, -0.15) is 0 Å². The number of ether oxygens (including phenoxy) is 1. The van der Waals surface area contributed by atoms with Gasteiger partial charge in [0.25, 0.3) is 5.91 Å². The largest absolute Gasteiger partial charge is 0.497 e. The number of nitrogens with zero attached hydrogens (tertiary/aromatic N) is 1. The second-order valence-electron chi connectivity index (χ2n) is 5.58. The Kier molecular flexibility index (Phi) is 6.19. The fourth-order valence-electron chi connectivity index (χ4n) is 2.33. The minimum atomic E-state index is -0.119. The standard InChI is InChI=1S/C18H21BrN2O2/c1-21(2)12-17(13-6-5-9-16(11-13)23-3)20-18(22)14-7-4-8-15(19)10-14/h4-11,17H,12H2,1-3H3,(H,20,22). The maximum atomic E-state index is 12.5. The van der Waals surface area contributed by atoms with Crippen molar-refractivity contribution in [3.05, 3.63) is 64.1 Å². The molecule has 122 valence electrons. The fourth-order valence-corrected chi connectivity index (χ4v) is 2.73. The predicted octanol–water partition coefficient (Wildman–Crippen LogP) is 3.49. The number of amides is 1. The predicted molar refractivity (Wildman–Crippen MR) is 95.9 cm³/mol. The molecule has 0 radical (unpaired) electrons. The van der Waals surface area contributed by atoms with Gasteiger partial charge in [0.15, 0.2) is 0 Å². The van der Waals surface area contributed by atoms with Crippen molar-refractivity contribution in [2.75, 3.05) is 27.7 Å². The summed E-state index contributed by atoms with van der Waals surface area (Å²) in [6.45, 7) is 0.701. The smallest absolute Gasteiger partial charge is 0.251 e. The molecule has 23 heavy (non-hydrogen) atoms. The highest BCUT2D eigenvalue weighted by molar-refractivity contribution is 9.10. The first kappa shape index (κ1) is 17.5. The Morgan fingerprint density at radius 2 is 1.96 bits per heavy atom. The van der Waals surface area contributed by atoms with Gasteiger partial charge in [-0.15, -0.1) is 0 Å². The lowest BCUT2D eigenvalue weighted by atomic mass is 10.1. The molecule has 0 spiro atoms. The maximum absolute atomic E-state index is 12.5. The Morgan fingerprint density at radius 1 is 1.22 bits per heavy atom. The van der Waals surface area contributed by atoms with Crippen molar-refractivity contribution in [2.24, 2.45) is 0 Å². The van der Waals surface area contributed by atoms with Crippen LogP contribution in [0.15, 0.2) is 53.0 Å². The van der Waals surface area contributed by atoms with Crippen molar-refractivity contribution in [3.63, 3.8) is 0 Å². The summed E-state index contributed by atoms with van der Waals surface area (Å²) < 4.78 is 6.17. The first-order chi connectivity index (χ1) is 11.0. The number of likely N-dealkylation sites (N-methyl/N-ethyl adjacent to an activating group) is 1. The van der Waals surface area contributed by atoms with Crippen molar-refractivity contribution in [2.45, 2.75) is 6.04 Å². The summed E-state index contributed by atoms with van der Waals surface area (Å²) in [5.74, 6) is 0.684. The van der Waals surface area contributed by atoms with Gasteiger partial charge in [0.1, 0.15) is 5.75 Å². The average Bonchev–Trinajstić information content (AvgIpc) is 2.53. The highest BCUT2D eigenvalue weighted by atomic mass is 79.9. The van der Waals surface area contributed by atoms with E-state index < -0.39 is 0 Å². The zero-order chi connectivity index (χ0) is 16.8. The van der Waals surface area contributed by atoms with Crippen LogP contribution in [-0.2, 0) is 0 Å². The van der Waals surface area contributed by atoms with Gasteiger partial charge in [0, 0.05) is 16.6 Å². The molecule has 1 N–H and O–H groups in total. The Balaban J connectivity index is 2.22. The second kappa shape index (κ2) is 8.13. The van der Waals surface area contributed by atoms with Crippen LogP contribution in [0, 0.1) is 0 Å². The number of halogens is 1. The van der Waals surface area contributed by atoms with E-state index in [-0.39, 0.29) is 11.9 Å². The molecule has 1 atom stereocenters. The van der Waals surface area contributed by atoms with Gasteiger partial charge in [-0.1, -0.05) is 34.1 Å². The number of nitrogens with one attached hydrogen (secondary N) is 1. The summed E-state index contributed by atoms with van der Waals surface area (Å²) in [6.07, 6.45) is 0. The molecular formula is C18H21BrN2O2. The summed E-state index contributed by atoms with van der Waals surface area (Å²) in [5, 5.41) is 3.10. The third-order valence-electron chi connectivity index (χ3n) is 3.44. The number of rotatable bonds is 6. The SMILES string of the molecule is COc1cccc(C(CN(C)C)NC(=O)c2cccc(Br)c2)c1. The first-order valence-corrected chi connectivity index (χ1v) is 8.14. The van der Waals surface area contributed by atoms with Crippen LogP contribution >= 0.6 is 15.9 Å². The summed E-state index contributed by atoms with van der Waals surface area (Å²) >= 11 is 3.40. The van der Waals surface area contributed by atoms with Crippen molar-refractivity contribution in [1.29, 1.82) is 0 Å². The number of methoxy groups -OCH3 is 1. The van der Waals surface area contributed by atoms with Gasteiger partial charge in [-0.3, -0.25) is 4.79 Å². The molecule has 1 amide bonds. The van der Waals surface area contributed by atoms with Crippen LogP contribution in [0.3, 0.4) is 0 Å². The van der Waals surface area contributed by atoms with E-state index >= 15 is 0 Å². The third kappa shape index (κ3) is 5.08. The van der Waals surface area contributed by atoms with E-state index in [4.69, 9.17) is 4.74 Å². The average molecular weight is 377 g/mol. The molecule has 0 bridgehead atoms. The highest BCUT2D eigenvalue weighted by Crippen LogP contribution is 2.21. The lowest BCUT2D eigenvalue weighted by Gasteiger charge is -2.23. The fraction of sp³-hybridized carbons (Fsp3) is 0.278. The third-order valence-corrected chi connectivity index (χ3v) is 3.93. The Bertz CT molecular complexity index is 674. The number of benzene rings is 2. The molecule has 2 aromatic carbocycles. The van der Waals surface area contributed by atoms with Crippen LogP contribution in [0.1, 0.15) is 22.0 Å². The minimum absolute atomic E-state index is 0.0963. The maximum Gasteiger partial charge on any atom is 0.251 e. The van der Waals surface area contributed by atoms with Crippen molar-refractivity contribution in [1.82, 2.24) is 10.2 Å². The summed E-state index contributed by atoms with van der Waals surface area (Å²) in [4.78, 5) is 14.6. The summed E-state index contributed by atoms with van der Waals surface area (Å²) in [7, 11) is 5.61. The Labute approximate surface area is 145 Å². The van der Waals surface area contributed by atoms with E-state index in [9.17, 15) is 4.79 Å². The van der Waals surface area contributed by atoms with Crippen molar-refractivity contribution >= 4 is 21.8 Å². The Morgan fingerprint density at radius 3 is 2.61 bits per heavy atom. The lowest BCUT2D eigenvalue weighted by molar-refractivity contribution is 0.0930. The molecule has 2 rings (SSSR count). The molecule has 0 aliphatic rings. The second-order valence-corrected chi connectivity index (χ2v) is 6.49. The van der Waals surface area contributed by atoms with Gasteiger partial charge in [0.05, 0.1) is 13.2 Å². The molecule has 5 heteroatoms. The minimum Gasteiger partial charge on any atom is -0.497 e. The molecule has 1 unspecified atom stereocenters. The zero-order valence-electron chi connectivity index (χ0n) is 13.5. The Hall–Kier alpha value is -1.85. The van der Waals surface area contributed by atoms with E-state index in [1.807, 2.05) is 61.5 Å². The normalized spacial score (nSPS) is 12.0. The van der Waals surface area contributed by atoms with E-state index in [0.717, 1.165) is 15.8 Å². The number of carbonyl (C=O) groups excluding carboxylic acids is 1. The van der Waals surface area contributed by atoms with Crippen LogP contribution < -0.4 is 10.1 Å². The van der Waals surface area contributed by atoms with Gasteiger partial charge >= 0.3 is 0 Å². The molecule has 2 aromatic rings. The van der Waals surface area contributed by atoms with E-state index in [2.05, 4.69) is 21.2 Å². The molecule has 0 aromatic heterocycles. The van der Waals surface area contributed by atoms with Gasteiger partial charge in [-0.25, -0.2) is 0 Å². The van der Waals surface area contributed by atoms with Crippen molar-refractivity contribution in [3.8, 4) is 5.75 Å². The van der Waals surface area contributed by atoms with Crippen LogP contribution in [0.4, 0.5) is 0 Å². The number of hydrogen-bond donors (Lipinski definition) is 1. The lowest BCUT2D eigenvalue weighted by Crippen LogP contribution is -2.35. The van der Waals surface area contributed by atoms with E-state index in [0.29, 0.717) is 12.1 Å². The molecule has 0 aliphatic heterocycles. The first-order valence-electron chi connectivity index (χ1n) is 7.34. The highest BCUT2D eigenvalue weighted by Gasteiger charge is 2.17. The van der Waals surface area contributed by atoms with Gasteiger partial charge in [0.2, 0.25) is 0 Å². The topological polar surface area (TPSA) is 41.6 Å². The number of carbonyl (C=O) groups is 1.